The van der Waals surface area contributed by atoms with Crippen LogP contribution < -0.4 is 4.90 Å². The first kappa shape index (κ1) is 14.7. The third-order valence-electron chi connectivity index (χ3n) is 3.57. The van der Waals surface area contributed by atoms with E-state index in [1.165, 1.54) is 0 Å². The highest BCUT2D eigenvalue weighted by Gasteiger charge is 2.39. The molecular formula is C13H15F3N6. The van der Waals surface area contributed by atoms with E-state index in [9.17, 15) is 13.2 Å². The second kappa shape index (κ2) is 5.22. The van der Waals surface area contributed by atoms with Crippen LogP contribution in [0.1, 0.15) is 30.1 Å². The van der Waals surface area contributed by atoms with Crippen molar-refractivity contribution in [1.29, 1.82) is 0 Å². The molecule has 2 aromatic heterocycles. The SMILES string of the molecule is CCc1cc(N2CCn3c(nnc3C(F)(F)F)C2)nc(C)n1. The molecule has 118 valence electrons. The molecule has 1 aliphatic heterocycles. The van der Waals surface area contributed by atoms with Gasteiger partial charge in [-0.25, -0.2) is 9.97 Å². The average molecular weight is 312 g/mol. The minimum Gasteiger partial charge on any atom is -0.347 e. The van der Waals surface area contributed by atoms with Gasteiger partial charge in [0.2, 0.25) is 5.82 Å². The molecule has 0 spiro atoms. The summed E-state index contributed by atoms with van der Waals surface area (Å²) < 4.78 is 39.6. The Labute approximate surface area is 125 Å². The van der Waals surface area contributed by atoms with E-state index in [0.29, 0.717) is 24.0 Å². The van der Waals surface area contributed by atoms with Crippen molar-refractivity contribution in [2.24, 2.45) is 0 Å². The summed E-state index contributed by atoms with van der Waals surface area (Å²) >= 11 is 0. The molecule has 0 bridgehead atoms. The fourth-order valence-electron chi connectivity index (χ4n) is 2.52. The molecule has 0 amide bonds. The number of anilines is 1. The van der Waals surface area contributed by atoms with Gasteiger partial charge in [-0.1, -0.05) is 6.92 Å². The zero-order valence-electron chi connectivity index (χ0n) is 12.2. The van der Waals surface area contributed by atoms with Gasteiger partial charge in [-0.05, 0) is 13.3 Å². The topological polar surface area (TPSA) is 59.7 Å². The maximum absolute atomic E-state index is 12.8. The summed E-state index contributed by atoms with van der Waals surface area (Å²) in [6, 6.07) is 1.86. The maximum atomic E-state index is 12.8. The van der Waals surface area contributed by atoms with Crippen LogP contribution >= 0.6 is 0 Å². The third kappa shape index (κ3) is 2.62. The van der Waals surface area contributed by atoms with Crippen molar-refractivity contribution in [2.45, 2.75) is 39.5 Å². The van der Waals surface area contributed by atoms with E-state index in [1.807, 2.05) is 17.9 Å². The molecule has 0 aliphatic carbocycles. The summed E-state index contributed by atoms with van der Waals surface area (Å²) in [7, 11) is 0. The summed E-state index contributed by atoms with van der Waals surface area (Å²) in [6.45, 7) is 4.66. The van der Waals surface area contributed by atoms with Gasteiger partial charge in [-0.2, -0.15) is 13.2 Å². The summed E-state index contributed by atoms with van der Waals surface area (Å²) in [5.74, 6) is 0.729. The Kier molecular flexibility index (Phi) is 3.50. The van der Waals surface area contributed by atoms with E-state index in [2.05, 4.69) is 20.2 Å². The van der Waals surface area contributed by atoms with Gasteiger partial charge < -0.3 is 9.47 Å². The minimum absolute atomic E-state index is 0.182. The first-order chi connectivity index (χ1) is 10.4. The molecule has 0 saturated heterocycles. The molecule has 1 aliphatic rings. The third-order valence-corrected chi connectivity index (χ3v) is 3.57. The van der Waals surface area contributed by atoms with Gasteiger partial charge in [0.1, 0.15) is 11.6 Å². The molecule has 22 heavy (non-hydrogen) atoms. The molecule has 0 fully saturated rings. The fourth-order valence-corrected chi connectivity index (χ4v) is 2.52. The van der Waals surface area contributed by atoms with Crippen LogP contribution in [0.3, 0.4) is 0 Å². The van der Waals surface area contributed by atoms with Crippen molar-refractivity contribution < 1.29 is 13.2 Å². The van der Waals surface area contributed by atoms with Gasteiger partial charge in [0.25, 0.3) is 0 Å². The average Bonchev–Trinajstić information content (AvgIpc) is 2.89. The molecule has 0 atom stereocenters. The molecule has 0 radical (unpaired) electrons. The number of rotatable bonds is 2. The number of aryl methyl sites for hydroxylation is 2. The van der Waals surface area contributed by atoms with E-state index in [-0.39, 0.29) is 13.1 Å². The Morgan fingerprint density at radius 2 is 1.95 bits per heavy atom. The largest absolute Gasteiger partial charge is 0.451 e. The molecule has 9 heteroatoms. The van der Waals surface area contributed by atoms with E-state index in [0.717, 1.165) is 16.7 Å². The normalized spacial score (nSPS) is 15.0. The number of alkyl halides is 3. The second-order valence-electron chi connectivity index (χ2n) is 5.13. The summed E-state index contributed by atoms with van der Waals surface area (Å²) in [6.07, 6.45) is -3.70. The lowest BCUT2D eigenvalue weighted by Crippen LogP contribution is -2.36. The molecular weight excluding hydrogens is 297 g/mol. The first-order valence-electron chi connectivity index (χ1n) is 6.97. The van der Waals surface area contributed by atoms with Crippen molar-refractivity contribution in [3.8, 4) is 0 Å². The number of aromatic nitrogens is 5. The lowest BCUT2D eigenvalue weighted by Gasteiger charge is -2.29. The van der Waals surface area contributed by atoms with Crippen LogP contribution in [0, 0.1) is 6.92 Å². The highest BCUT2D eigenvalue weighted by atomic mass is 19.4. The second-order valence-corrected chi connectivity index (χ2v) is 5.13. The van der Waals surface area contributed by atoms with Crippen molar-refractivity contribution in [1.82, 2.24) is 24.7 Å². The van der Waals surface area contributed by atoms with Crippen molar-refractivity contribution >= 4 is 5.82 Å². The van der Waals surface area contributed by atoms with Crippen LogP contribution in [-0.4, -0.2) is 31.3 Å². The van der Waals surface area contributed by atoms with Gasteiger partial charge >= 0.3 is 6.18 Å². The lowest BCUT2D eigenvalue weighted by atomic mass is 10.2. The van der Waals surface area contributed by atoms with Crippen molar-refractivity contribution in [3.63, 3.8) is 0 Å². The number of fused-ring (bicyclic) bond motifs is 1. The Bertz CT molecular complexity index is 694. The Hall–Kier alpha value is -2.19. The van der Waals surface area contributed by atoms with Crippen LogP contribution in [-0.2, 0) is 25.7 Å². The summed E-state index contributed by atoms with van der Waals surface area (Å²) in [5, 5.41) is 6.95. The lowest BCUT2D eigenvalue weighted by molar-refractivity contribution is -0.147. The van der Waals surface area contributed by atoms with Crippen molar-refractivity contribution in [3.05, 3.63) is 29.2 Å². The Morgan fingerprint density at radius 1 is 1.18 bits per heavy atom. The summed E-state index contributed by atoms with van der Waals surface area (Å²) in [5.41, 5.74) is 0.908. The van der Waals surface area contributed by atoms with Gasteiger partial charge in [0.15, 0.2) is 5.82 Å². The minimum atomic E-state index is -4.48. The van der Waals surface area contributed by atoms with E-state index >= 15 is 0 Å². The molecule has 0 unspecified atom stereocenters. The molecule has 3 rings (SSSR count). The van der Waals surface area contributed by atoms with Crippen LogP contribution in [0.2, 0.25) is 0 Å². The number of hydrogen-bond donors (Lipinski definition) is 0. The molecule has 3 heterocycles. The molecule has 2 aromatic rings. The standard InChI is InChI=1S/C13H15F3N6/c1-3-9-6-10(18-8(2)17-9)21-4-5-22-11(7-21)19-20-12(22)13(14,15)16/h6H,3-5,7H2,1-2H3. The van der Waals surface area contributed by atoms with Gasteiger partial charge in [-0.15, -0.1) is 10.2 Å². The van der Waals surface area contributed by atoms with E-state index < -0.39 is 12.0 Å². The highest BCUT2D eigenvalue weighted by Crippen LogP contribution is 2.30. The smallest absolute Gasteiger partial charge is 0.347 e. The van der Waals surface area contributed by atoms with Crippen LogP contribution in [0.4, 0.5) is 19.0 Å². The van der Waals surface area contributed by atoms with Gasteiger partial charge in [0, 0.05) is 24.8 Å². The number of halogens is 3. The van der Waals surface area contributed by atoms with E-state index in [1.54, 1.807) is 6.92 Å². The highest BCUT2D eigenvalue weighted by molar-refractivity contribution is 5.40. The zero-order valence-corrected chi connectivity index (χ0v) is 12.2. The fraction of sp³-hybridized carbons (Fsp3) is 0.538. The van der Waals surface area contributed by atoms with Crippen LogP contribution in [0.5, 0.6) is 0 Å². The van der Waals surface area contributed by atoms with E-state index in [4.69, 9.17) is 0 Å². The maximum Gasteiger partial charge on any atom is 0.451 e. The number of nitrogens with zero attached hydrogens (tertiary/aromatic N) is 6. The van der Waals surface area contributed by atoms with Crippen LogP contribution in [0.15, 0.2) is 6.07 Å². The van der Waals surface area contributed by atoms with Gasteiger partial charge in [0.05, 0.1) is 6.54 Å². The zero-order chi connectivity index (χ0) is 15.9. The molecule has 0 saturated carbocycles. The summed E-state index contributed by atoms with van der Waals surface area (Å²) in [4.78, 5) is 10.6. The van der Waals surface area contributed by atoms with Gasteiger partial charge in [-0.3, -0.25) is 0 Å². The quantitative estimate of drug-likeness (QED) is 0.848. The Morgan fingerprint density at radius 3 is 2.64 bits per heavy atom. The van der Waals surface area contributed by atoms with Crippen LogP contribution in [0.25, 0.3) is 0 Å². The predicted octanol–water partition coefficient (Wildman–Crippen LogP) is 1.98. The number of hydrogen-bond acceptors (Lipinski definition) is 5. The van der Waals surface area contributed by atoms with Crippen molar-refractivity contribution in [2.75, 3.05) is 11.4 Å². The first-order valence-corrected chi connectivity index (χ1v) is 6.97. The predicted molar refractivity (Wildman–Crippen MR) is 72.2 cm³/mol. The molecule has 0 aromatic carbocycles. The monoisotopic (exact) mass is 312 g/mol. The molecule has 6 nitrogen and oxygen atoms in total. The Balaban J connectivity index is 1.89. The molecule has 0 N–H and O–H groups in total.